The van der Waals surface area contributed by atoms with Gasteiger partial charge in [-0.2, -0.15) is 0 Å². The molecule has 1 N–H and O–H groups in total. The van der Waals surface area contributed by atoms with Gasteiger partial charge in [0.15, 0.2) is 0 Å². The van der Waals surface area contributed by atoms with Crippen molar-refractivity contribution in [3.8, 4) is 0 Å². The monoisotopic (exact) mass is 217 g/mol. The van der Waals surface area contributed by atoms with Crippen LogP contribution in [0.2, 0.25) is 0 Å². The third-order valence-corrected chi connectivity index (χ3v) is 3.02. The van der Waals surface area contributed by atoms with Crippen LogP contribution >= 0.6 is 0 Å². The molecule has 0 aliphatic carbocycles. The predicted octanol–water partition coefficient (Wildman–Crippen LogP) is 3.88. The number of hydrogen-bond donors (Lipinski definition) is 1. The number of furan rings is 1. The summed E-state index contributed by atoms with van der Waals surface area (Å²) in [5, 5.41) is 4.69. The summed E-state index contributed by atoms with van der Waals surface area (Å²) in [4.78, 5) is 0. The van der Waals surface area contributed by atoms with Crippen LogP contribution in [-0.4, -0.2) is 6.04 Å². The second-order valence-electron chi connectivity index (χ2n) is 4.38. The van der Waals surface area contributed by atoms with Gasteiger partial charge in [0, 0.05) is 11.4 Å². The number of rotatable bonds is 4. The average Bonchev–Trinajstić information content (AvgIpc) is 2.72. The van der Waals surface area contributed by atoms with Crippen molar-refractivity contribution in [3.63, 3.8) is 0 Å². The number of fused-ring (bicyclic) bond motifs is 1. The minimum Gasteiger partial charge on any atom is -0.459 e. The molecule has 2 heteroatoms. The fraction of sp³-hybridized carbons (Fsp3) is 0.429. The summed E-state index contributed by atoms with van der Waals surface area (Å²) < 4.78 is 5.81. The standard InChI is InChI=1S/C14H19NO/c1-4-10(2)15-11(3)14-9-12-7-5-6-8-13(12)16-14/h5-11,15H,4H2,1-3H3. The van der Waals surface area contributed by atoms with Gasteiger partial charge in [-0.25, -0.2) is 0 Å². The molecule has 1 aromatic heterocycles. The molecule has 0 spiro atoms. The van der Waals surface area contributed by atoms with Crippen LogP contribution in [0.5, 0.6) is 0 Å². The van der Waals surface area contributed by atoms with Crippen LogP contribution in [-0.2, 0) is 0 Å². The first kappa shape index (κ1) is 11.2. The summed E-state index contributed by atoms with van der Waals surface area (Å²) in [5.41, 5.74) is 0.968. The van der Waals surface area contributed by atoms with E-state index in [2.05, 4.69) is 38.2 Å². The Morgan fingerprint density at radius 3 is 2.69 bits per heavy atom. The van der Waals surface area contributed by atoms with Crippen molar-refractivity contribution in [2.24, 2.45) is 0 Å². The Labute approximate surface area is 96.6 Å². The quantitative estimate of drug-likeness (QED) is 0.840. The number of para-hydroxylation sites is 1. The Hall–Kier alpha value is -1.28. The molecule has 1 heterocycles. The highest BCUT2D eigenvalue weighted by Gasteiger charge is 2.12. The van der Waals surface area contributed by atoms with E-state index in [1.165, 1.54) is 5.39 Å². The summed E-state index contributed by atoms with van der Waals surface area (Å²) in [5.74, 6) is 1.02. The molecule has 0 saturated heterocycles. The van der Waals surface area contributed by atoms with Crippen molar-refractivity contribution < 1.29 is 4.42 Å². The van der Waals surface area contributed by atoms with Gasteiger partial charge in [0.05, 0.1) is 6.04 Å². The lowest BCUT2D eigenvalue weighted by Crippen LogP contribution is -2.27. The van der Waals surface area contributed by atoms with Crippen molar-refractivity contribution in [1.82, 2.24) is 5.32 Å². The molecule has 2 aromatic rings. The van der Waals surface area contributed by atoms with Crippen LogP contribution in [0.1, 0.15) is 39.0 Å². The van der Waals surface area contributed by atoms with Crippen LogP contribution in [0.15, 0.2) is 34.7 Å². The zero-order valence-corrected chi connectivity index (χ0v) is 10.2. The highest BCUT2D eigenvalue weighted by molar-refractivity contribution is 5.77. The van der Waals surface area contributed by atoms with Gasteiger partial charge >= 0.3 is 0 Å². The molecular formula is C14H19NO. The van der Waals surface area contributed by atoms with Crippen molar-refractivity contribution in [1.29, 1.82) is 0 Å². The van der Waals surface area contributed by atoms with Crippen LogP contribution in [0.4, 0.5) is 0 Å². The largest absolute Gasteiger partial charge is 0.459 e. The van der Waals surface area contributed by atoms with Gasteiger partial charge in [-0.1, -0.05) is 25.1 Å². The fourth-order valence-corrected chi connectivity index (χ4v) is 1.84. The van der Waals surface area contributed by atoms with E-state index >= 15 is 0 Å². The lowest BCUT2D eigenvalue weighted by Gasteiger charge is -2.16. The second-order valence-corrected chi connectivity index (χ2v) is 4.38. The molecule has 0 aliphatic rings. The van der Waals surface area contributed by atoms with Crippen LogP contribution < -0.4 is 5.32 Å². The van der Waals surface area contributed by atoms with Gasteiger partial charge in [-0.15, -0.1) is 0 Å². The number of nitrogens with one attached hydrogen (secondary N) is 1. The van der Waals surface area contributed by atoms with Crippen LogP contribution in [0.3, 0.4) is 0 Å². The van der Waals surface area contributed by atoms with Gasteiger partial charge < -0.3 is 9.73 Å². The maximum atomic E-state index is 5.81. The highest BCUT2D eigenvalue weighted by atomic mass is 16.3. The molecule has 16 heavy (non-hydrogen) atoms. The molecule has 0 bridgehead atoms. The molecule has 0 aliphatic heterocycles. The molecule has 0 amide bonds. The van der Waals surface area contributed by atoms with Crippen molar-refractivity contribution in [2.45, 2.75) is 39.3 Å². The average molecular weight is 217 g/mol. The first-order valence-electron chi connectivity index (χ1n) is 5.95. The van der Waals surface area contributed by atoms with Crippen molar-refractivity contribution >= 4 is 11.0 Å². The zero-order valence-electron chi connectivity index (χ0n) is 10.2. The van der Waals surface area contributed by atoms with Crippen LogP contribution in [0, 0.1) is 0 Å². The number of benzene rings is 1. The van der Waals surface area contributed by atoms with Gasteiger partial charge in [0.2, 0.25) is 0 Å². The fourth-order valence-electron chi connectivity index (χ4n) is 1.84. The topological polar surface area (TPSA) is 25.2 Å². The summed E-state index contributed by atoms with van der Waals surface area (Å²) in [7, 11) is 0. The maximum absolute atomic E-state index is 5.81. The number of hydrogen-bond acceptors (Lipinski definition) is 2. The molecule has 2 unspecified atom stereocenters. The predicted molar refractivity (Wildman–Crippen MR) is 67.5 cm³/mol. The molecule has 0 saturated carbocycles. The minimum atomic E-state index is 0.266. The molecule has 1 aromatic carbocycles. The third-order valence-electron chi connectivity index (χ3n) is 3.02. The van der Waals surface area contributed by atoms with Crippen molar-refractivity contribution in [3.05, 3.63) is 36.1 Å². The molecule has 2 nitrogen and oxygen atoms in total. The van der Waals surface area contributed by atoms with Gasteiger partial charge in [0.25, 0.3) is 0 Å². The van der Waals surface area contributed by atoms with E-state index in [1.54, 1.807) is 0 Å². The molecule has 2 atom stereocenters. The van der Waals surface area contributed by atoms with E-state index in [-0.39, 0.29) is 6.04 Å². The van der Waals surface area contributed by atoms with E-state index in [9.17, 15) is 0 Å². The second kappa shape index (κ2) is 4.71. The Morgan fingerprint density at radius 1 is 1.25 bits per heavy atom. The first-order chi connectivity index (χ1) is 7.70. The molecule has 2 rings (SSSR count). The van der Waals surface area contributed by atoms with E-state index in [0.29, 0.717) is 6.04 Å². The van der Waals surface area contributed by atoms with Crippen molar-refractivity contribution in [2.75, 3.05) is 0 Å². The first-order valence-corrected chi connectivity index (χ1v) is 5.95. The van der Waals surface area contributed by atoms with E-state index < -0.39 is 0 Å². The molecule has 0 radical (unpaired) electrons. The Morgan fingerprint density at radius 2 is 2.00 bits per heavy atom. The Kier molecular flexibility index (Phi) is 3.30. The van der Waals surface area contributed by atoms with E-state index in [1.807, 2.05) is 18.2 Å². The van der Waals surface area contributed by atoms with E-state index in [4.69, 9.17) is 4.42 Å². The smallest absolute Gasteiger partial charge is 0.134 e. The van der Waals surface area contributed by atoms with Gasteiger partial charge in [-0.05, 0) is 32.4 Å². The lowest BCUT2D eigenvalue weighted by molar-refractivity contribution is 0.406. The SMILES string of the molecule is CCC(C)NC(C)c1cc2ccccc2o1. The third kappa shape index (κ3) is 2.27. The summed E-state index contributed by atoms with van der Waals surface area (Å²) >= 11 is 0. The molecular weight excluding hydrogens is 198 g/mol. The summed E-state index contributed by atoms with van der Waals surface area (Å²) in [6, 6.07) is 11.0. The van der Waals surface area contributed by atoms with Gasteiger partial charge in [-0.3, -0.25) is 0 Å². The molecule has 0 fully saturated rings. The van der Waals surface area contributed by atoms with E-state index in [0.717, 1.165) is 17.8 Å². The summed E-state index contributed by atoms with van der Waals surface area (Å²) in [6.07, 6.45) is 1.13. The highest BCUT2D eigenvalue weighted by Crippen LogP contribution is 2.23. The summed E-state index contributed by atoms with van der Waals surface area (Å²) in [6.45, 7) is 6.52. The Balaban J connectivity index is 2.19. The normalized spacial score (nSPS) is 15.2. The Bertz CT molecular complexity index is 427. The maximum Gasteiger partial charge on any atom is 0.134 e. The van der Waals surface area contributed by atoms with Crippen LogP contribution in [0.25, 0.3) is 11.0 Å². The van der Waals surface area contributed by atoms with Gasteiger partial charge in [0.1, 0.15) is 11.3 Å². The molecule has 86 valence electrons. The zero-order chi connectivity index (χ0) is 11.5. The lowest BCUT2D eigenvalue weighted by atomic mass is 10.2. The minimum absolute atomic E-state index is 0.266.